The van der Waals surface area contributed by atoms with Crippen molar-refractivity contribution in [1.82, 2.24) is 0 Å². The molecule has 88 valence electrons. The fourth-order valence-corrected chi connectivity index (χ4v) is 1.91. The third kappa shape index (κ3) is 2.73. The van der Waals surface area contributed by atoms with E-state index in [9.17, 15) is 4.39 Å². The van der Waals surface area contributed by atoms with E-state index >= 15 is 0 Å². The monoisotopic (exact) mass is 223 g/mol. The molecule has 0 amide bonds. The average molecular weight is 223 g/mol. The van der Waals surface area contributed by atoms with Crippen LogP contribution in [0.5, 0.6) is 5.75 Å². The van der Waals surface area contributed by atoms with Crippen LogP contribution >= 0.6 is 0 Å². The van der Waals surface area contributed by atoms with Gasteiger partial charge in [-0.1, -0.05) is 6.42 Å². The van der Waals surface area contributed by atoms with E-state index in [1.165, 1.54) is 31.4 Å². The van der Waals surface area contributed by atoms with E-state index in [1.807, 2.05) is 0 Å². The van der Waals surface area contributed by atoms with Crippen LogP contribution in [0.3, 0.4) is 0 Å². The minimum absolute atomic E-state index is 0.223. The summed E-state index contributed by atoms with van der Waals surface area (Å²) in [6, 6.07) is 4.66. The van der Waals surface area contributed by atoms with Crippen molar-refractivity contribution in [3.05, 3.63) is 29.6 Å². The van der Waals surface area contributed by atoms with Crippen LogP contribution in [0.4, 0.5) is 4.39 Å². The fourth-order valence-electron chi connectivity index (χ4n) is 1.91. The summed E-state index contributed by atoms with van der Waals surface area (Å²) in [6.07, 6.45) is 4.49. The zero-order valence-corrected chi connectivity index (χ0v) is 9.42. The van der Waals surface area contributed by atoms with Gasteiger partial charge >= 0.3 is 0 Å². The lowest BCUT2D eigenvalue weighted by Gasteiger charge is -2.25. The molecular formula is C13H18FNO. The minimum atomic E-state index is -0.223. The first-order valence-corrected chi connectivity index (χ1v) is 5.91. The van der Waals surface area contributed by atoms with E-state index in [4.69, 9.17) is 10.5 Å². The highest BCUT2D eigenvalue weighted by atomic mass is 19.1. The zero-order valence-electron chi connectivity index (χ0n) is 9.42. The second kappa shape index (κ2) is 5.30. The molecule has 16 heavy (non-hydrogen) atoms. The van der Waals surface area contributed by atoms with Crippen LogP contribution in [0.2, 0.25) is 0 Å². The van der Waals surface area contributed by atoms with Gasteiger partial charge in [-0.25, -0.2) is 4.39 Å². The number of rotatable bonds is 5. The highest BCUT2D eigenvalue weighted by Gasteiger charge is 2.18. The van der Waals surface area contributed by atoms with Crippen LogP contribution in [-0.2, 0) is 6.42 Å². The fraction of sp³-hybridized carbons (Fsp3) is 0.538. The summed E-state index contributed by atoms with van der Waals surface area (Å²) in [5, 5.41) is 0. The van der Waals surface area contributed by atoms with Gasteiger partial charge in [-0.2, -0.15) is 0 Å². The third-order valence-corrected chi connectivity index (χ3v) is 3.14. The van der Waals surface area contributed by atoms with Gasteiger partial charge < -0.3 is 10.5 Å². The van der Waals surface area contributed by atoms with Gasteiger partial charge in [-0.15, -0.1) is 0 Å². The lowest BCUT2D eigenvalue weighted by molar-refractivity contribution is 0.179. The number of halogens is 1. The highest BCUT2D eigenvalue weighted by Crippen LogP contribution is 2.28. The van der Waals surface area contributed by atoms with E-state index in [0.717, 1.165) is 17.9 Å². The van der Waals surface area contributed by atoms with Crippen LogP contribution in [0.1, 0.15) is 24.8 Å². The minimum Gasteiger partial charge on any atom is -0.493 e. The van der Waals surface area contributed by atoms with Crippen molar-refractivity contribution >= 4 is 0 Å². The molecule has 2 rings (SSSR count). The van der Waals surface area contributed by atoms with Crippen molar-refractivity contribution in [2.45, 2.75) is 25.7 Å². The van der Waals surface area contributed by atoms with Gasteiger partial charge in [0.1, 0.15) is 11.6 Å². The predicted octanol–water partition coefficient (Wildman–Crippen LogP) is 2.51. The summed E-state index contributed by atoms with van der Waals surface area (Å²) in [5.74, 6) is 1.26. The van der Waals surface area contributed by atoms with Gasteiger partial charge in [0.25, 0.3) is 0 Å². The molecule has 0 atom stereocenters. The molecule has 1 aromatic carbocycles. The van der Waals surface area contributed by atoms with Crippen molar-refractivity contribution in [2.24, 2.45) is 11.7 Å². The Labute approximate surface area is 95.6 Å². The number of nitrogens with two attached hydrogens (primary N) is 1. The molecule has 0 bridgehead atoms. The first-order valence-electron chi connectivity index (χ1n) is 5.91. The Morgan fingerprint density at radius 1 is 1.38 bits per heavy atom. The van der Waals surface area contributed by atoms with E-state index in [0.29, 0.717) is 18.9 Å². The molecule has 0 aromatic heterocycles. The van der Waals surface area contributed by atoms with Crippen LogP contribution in [0.25, 0.3) is 0 Å². The largest absolute Gasteiger partial charge is 0.493 e. The summed E-state index contributed by atoms with van der Waals surface area (Å²) in [4.78, 5) is 0. The molecule has 0 spiro atoms. The molecule has 1 fully saturated rings. The summed E-state index contributed by atoms with van der Waals surface area (Å²) < 4.78 is 18.8. The molecule has 0 aliphatic heterocycles. The third-order valence-electron chi connectivity index (χ3n) is 3.14. The van der Waals surface area contributed by atoms with Crippen molar-refractivity contribution in [3.8, 4) is 5.75 Å². The molecule has 1 aliphatic rings. The quantitative estimate of drug-likeness (QED) is 0.832. The Kier molecular flexibility index (Phi) is 3.78. The SMILES string of the molecule is NCCc1cc(F)ccc1OCC1CCC1. The topological polar surface area (TPSA) is 35.2 Å². The molecule has 2 N–H and O–H groups in total. The van der Waals surface area contributed by atoms with Crippen molar-refractivity contribution in [1.29, 1.82) is 0 Å². The molecule has 1 aliphatic carbocycles. The maximum Gasteiger partial charge on any atom is 0.123 e. The van der Waals surface area contributed by atoms with Crippen LogP contribution in [-0.4, -0.2) is 13.2 Å². The molecule has 0 unspecified atom stereocenters. The number of benzene rings is 1. The molecule has 0 heterocycles. The van der Waals surface area contributed by atoms with E-state index in [-0.39, 0.29) is 5.82 Å². The molecule has 3 heteroatoms. The maximum absolute atomic E-state index is 13.1. The zero-order chi connectivity index (χ0) is 11.4. The van der Waals surface area contributed by atoms with Gasteiger partial charge in [0, 0.05) is 0 Å². The maximum atomic E-state index is 13.1. The smallest absolute Gasteiger partial charge is 0.123 e. The lowest BCUT2D eigenvalue weighted by Crippen LogP contribution is -2.19. The molecule has 1 aromatic rings. The molecule has 1 saturated carbocycles. The Hall–Kier alpha value is -1.09. The Bertz CT molecular complexity index is 350. The van der Waals surface area contributed by atoms with E-state index in [1.54, 1.807) is 6.07 Å². The summed E-state index contributed by atoms with van der Waals surface area (Å²) in [5.41, 5.74) is 6.37. The predicted molar refractivity (Wildman–Crippen MR) is 62.0 cm³/mol. The summed E-state index contributed by atoms with van der Waals surface area (Å²) in [7, 11) is 0. The summed E-state index contributed by atoms with van der Waals surface area (Å²) in [6.45, 7) is 1.27. The highest BCUT2D eigenvalue weighted by molar-refractivity contribution is 5.34. The van der Waals surface area contributed by atoms with Crippen LogP contribution in [0.15, 0.2) is 18.2 Å². The van der Waals surface area contributed by atoms with Crippen molar-refractivity contribution < 1.29 is 9.13 Å². The van der Waals surface area contributed by atoms with E-state index in [2.05, 4.69) is 0 Å². The molecular weight excluding hydrogens is 205 g/mol. The average Bonchev–Trinajstić information content (AvgIpc) is 2.19. The van der Waals surface area contributed by atoms with Crippen LogP contribution in [0, 0.1) is 11.7 Å². The number of hydrogen-bond donors (Lipinski definition) is 1. The van der Waals surface area contributed by atoms with Crippen molar-refractivity contribution in [3.63, 3.8) is 0 Å². The first-order chi connectivity index (χ1) is 7.79. The number of hydrogen-bond acceptors (Lipinski definition) is 2. The molecule has 0 radical (unpaired) electrons. The Balaban J connectivity index is 1.99. The van der Waals surface area contributed by atoms with Gasteiger partial charge in [0.2, 0.25) is 0 Å². The molecule has 0 saturated heterocycles. The number of ether oxygens (including phenoxy) is 1. The first kappa shape index (κ1) is 11.4. The van der Waals surface area contributed by atoms with Crippen LogP contribution < -0.4 is 10.5 Å². The van der Waals surface area contributed by atoms with Gasteiger partial charge in [-0.05, 0) is 55.5 Å². The van der Waals surface area contributed by atoms with E-state index < -0.39 is 0 Å². The lowest BCUT2D eigenvalue weighted by atomic mass is 9.86. The normalized spacial score (nSPS) is 15.9. The molecule has 2 nitrogen and oxygen atoms in total. The standard InChI is InChI=1S/C13H18FNO/c14-12-4-5-13(11(8-12)6-7-15)16-9-10-2-1-3-10/h4-5,8,10H,1-3,6-7,9,15H2. The van der Waals surface area contributed by atoms with Crippen molar-refractivity contribution in [2.75, 3.05) is 13.2 Å². The Morgan fingerprint density at radius 3 is 2.81 bits per heavy atom. The summed E-state index contributed by atoms with van der Waals surface area (Å²) >= 11 is 0. The second-order valence-corrected chi connectivity index (χ2v) is 4.40. The van der Waals surface area contributed by atoms with Gasteiger partial charge in [0.15, 0.2) is 0 Å². The van der Waals surface area contributed by atoms with Gasteiger partial charge in [0.05, 0.1) is 6.61 Å². The van der Waals surface area contributed by atoms with Gasteiger partial charge in [-0.3, -0.25) is 0 Å². The Morgan fingerprint density at radius 2 is 2.19 bits per heavy atom. The second-order valence-electron chi connectivity index (χ2n) is 4.40.